The monoisotopic (exact) mass is 452 g/mol. The van der Waals surface area contributed by atoms with Crippen molar-refractivity contribution in [1.29, 1.82) is 0 Å². The quantitative estimate of drug-likeness (QED) is 0.416. The van der Waals surface area contributed by atoms with Crippen LogP contribution >= 0.6 is 36.3 Å². The van der Waals surface area contributed by atoms with E-state index in [4.69, 9.17) is 4.18 Å². The van der Waals surface area contributed by atoms with Crippen molar-refractivity contribution in [2.45, 2.75) is 34.1 Å². The molecule has 3 aromatic carbocycles. The Morgan fingerprint density at radius 2 is 1.72 bits per heavy atom. The van der Waals surface area contributed by atoms with Gasteiger partial charge in [0, 0.05) is 37.9 Å². The van der Waals surface area contributed by atoms with E-state index in [9.17, 15) is 17.3 Å². The molecule has 1 heterocycles. The molecule has 0 bridgehead atoms. The van der Waals surface area contributed by atoms with Gasteiger partial charge in [0.1, 0.15) is 0 Å². The van der Waals surface area contributed by atoms with E-state index >= 15 is 0 Å². The summed E-state index contributed by atoms with van der Waals surface area (Å²) in [7, 11) is 0. The second-order valence-corrected chi connectivity index (χ2v) is 8.70. The lowest BCUT2D eigenvalue weighted by atomic mass is 9.77. The van der Waals surface area contributed by atoms with Crippen molar-refractivity contribution in [3.8, 4) is 5.75 Å². The van der Waals surface area contributed by atoms with Crippen LogP contribution in [0.5, 0.6) is 5.75 Å². The van der Waals surface area contributed by atoms with Gasteiger partial charge in [-0.25, -0.2) is 4.39 Å². The van der Waals surface area contributed by atoms with Gasteiger partial charge in [0.15, 0.2) is 17.2 Å². The number of phenols is 1. The molecule has 1 N–H and O–H groups in total. The Kier molecular flexibility index (Phi) is 5.54. The highest BCUT2D eigenvalue weighted by Crippen LogP contribution is 2.56. The number of aryl methyl sites for hydroxylation is 1. The fourth-order valence-electron chi connectivity index (χ4n) is 3.71. The molecular formula is C21H15F3O2S3. The highest BCUT2D eigenvalue weighted by Gasteiger charge is 2.47. The van der Waals surface area contributed by atoms with Crippen molar-refractivity contribution >= 4 is 36.3 Å². The summed E-state index contributed by atoms with van der Waals surface area (Å²) < 4.78 is 47.8. The molecule has 1 atom stereocenters. The molecule has 1 aliphatic rings. The summed E-state index contributed by atoms with van der Waals surface area (Å²) in [5.41, 5.74) is 1.60. The van der Waals surface area contributed by atoms with Crippen molar-refractivity contribution in [2.75, 3.05) is 0 Å². The highest BCUT2D eigenvalue weighted by molar-refractivity contribution is 7.95. The van der Waals surface area contributed by atoms with Crippen LogP contribution in [0, 0.1) is 19.7 Å². The Balaban J connectivity index is 2.12. The maximum absolute atomic E-state index is 14.4. The van der Waals surface area contributed by atoms with Gasteiger partial charge in [-0.2, -0.15) is 7.77 Å². The third kappa shape index (κ3) is 3.22. The molecule has 0 spiro atoms. The van der Waals surface area contributed by atoms with Crippen molar-refractivity contribution in [3.05, 3.63) is 82.2 Å². The molecule has 0 radical (unpaired) electrons. The first-order valence-electron chi connectivity index (χ1n) is 8.59. The molecule has 1 unspecified atom stereocenters. The summed E-state index contributed by atoms with van der Waals surface area (Å²) in [6.07, 6.45) is 0. The number of aromatic hydroxyl groups is 1. The van der Waals surface area contributed by atoms with E-state index in [1.54, 1.807) is 19.9 Å². The van der Waals surface area contributed by atoms with Gasteiger partial charge < -0.3 is 5.11 Å². The van der Waals surface area contributed by atoms with Gasteiger partial charge in [-0.3, -0.25) is 4.18 Å². The van der Waals surface area contributed by atoms with Crippen LogP contribution in [0.2, 0.25) is 0 Å². The van der Waals surface area contributed by atoms with Crippen molar-refractivity contribution in [1.82, 2.24) is 0 Å². The molecule has 2 nitrogen and oxygen atoms in total. The molecule has 1 aliphatic heterocycles. The van der Waals surface area contributed by atoms with Crippen LogP contribution in [-0.4, -0.2) is 5.11 Å². The zero-order chi connectivity index (χ0) is 20.8. The van der Waals surface area contributed by atoms with E-state index < -0.39 is 17.2 Å². The molecule has 0 aromatic heterocycles. The minimum atomic E-state index is -1.29. The van der Waals surface area contributed by atoms with Gasteiger partial charge in [-0.15, -0.1) is 0 Å². The number of halogens is 3. The minimum Gasteiger partial charge on any atom is -0.505 e. The van der Waals surface area contributed by atoms with Gasteiger partial charge in [-0.05, 0) is 60.9 Å². The Bertz CT molecular complexity index is 1110. The van der Waals surface area contributed by atoms with Gasteiger partial charge in [0.05, 0.1) is 24.3 Å². The number of benzene rings is 3. The van der Waals surface area contributed by atoms with Crippen LogP contribution < -0.4 is 0 Å². The van der Waals surface area contributed by atoms with Crippen LogP contribution in [-0.2, 0) is 9.78 Å². The number of phenolic OH excluding ortho intramolecular Hbond substituents is 1. The normalized spacial score (nSPS) is 18.1. The summed E-state index contributed by atoms with van der Waals surface area (Å²) in [4.78, 5) is 1.31. The predicted octanol–water partition coefficient (Wildman–Crippen LogP) is 7.43. The number of rotatable bonds is 4. The molecule has 150 valence electrons. The zero-order valence-electron chi connectivity index (χ0n) is 15.3. The van der Waals surface area contributed by atoms with Gasteiger partial charge in [0.25, 0.3) is 0 Å². The molecule has 29 heavy (non-hydrogen) atoms. The van der Waals surface area contributed by atoms with E-state index in [1.165, 1.54) is 18.2 Å². The average Bonchev–Trinajstić information content (AvgIpc) is 3.11. The lowest BCUT2D eigenvalue weighted by Gasteiger charge is -2.33. The van der Waals surface area contributed by atoms with Crippen LogP contribution in [0.25, 0.3) is 0 Å². The van der Waals surface area contributed by atoms with Gasteiger partial charge in [-0.1, -0.05) is 18.2 Å². The first kappa shape index (κ1) is 20.5. The van der Waals surface area contributed by atoms with E-state index in [0.717, 1.165) is 22.5 Å². The minimum absolute atomic E-state index is 0.00856. The van der Waals surface area contributed by atoms with Crippen molar-refractivity contribution in [2.24, 2.45) is 0 Å². The van der Waals surface area contributed by atoms with Gasteiger partial charge >= 0.3 is 0 Å². The lowest BCUT2D eigenvalue weighted by molar-refractivity contribution is 0.201. The molecular weight excluding hydrogens is 437 g/mol. The molecule has 3 aromatic rings. The Morgan fingerprint density at radius 3 is 2.45 bits per heavy atom. The van der Waals surface area contributed by atoms with E-state index in [2.05, 4.69) is 0 Å². The topological polar surface area (TPSA) is 29.5 Å². The average molecular weight is 453 g/mol. The molecule has 0 fully saturated rings. The van der Waals surface area contributed by atoms with Crippen LogP contribution in [0.4, 0.5) is 12.2 Å². The number of fused-ring (bicyclic) bond motifs is 1. The first-order chi connectivity index (χ1) is 13.9. The van der Waals surface area contributed by atoms with Crippen LogP contribution in [0.1, 0.15) is 27.8 Å². The Labute approximate surface area is 179 Å². The SMILES string of the molecule is Cc1cc(O)c(F)cc1C1(c2cc(SF)cc(SF)c2C)OSc2ccccc21. The summed E-state index contributed by atoms with van der Waals surface area (Å²) in [5, 5.41) is 9.81. The molecule has 0 aliphatic carbocycles. The van der Waals surface area contributed by atoms with E-state index in [0.29, 0.717) is 22.3 Å². The Hall–Kier alpha value is -1.74. The molecule has 0 amide bonds. The zero-order valence-corrected chi connectivity index (χ0v) is 17.8. The number of hydrogen-bond acceptors (Lipinski definition) is 5. The standard InChI is InChI=1S/C21H15F3O2S3/c1-11-7-18(25)17(22)10-15(11)21(14-5-3-4-6-19(14)29-26-21)16-8-13(27-23)9-20(28-24)12(16)2/h3-10,25H,1-2H3. The predicted molar refractivity (Wildman–Crippen MR) is 111 cm³/mol. The Morgan fingerprint density at radius 1 is 0.966 bits per heavy atom. The van der Waals surface area contributed by atoms with Gasteiger partial charge in [0.2, 0.25) is 0 Å². The van der Waals surface area contributed by atoms with Crippen molar-refractivity contribution in [3.63, 3.8) is 0 Å². The summed E-state index contributed by atoms with van der Waals surface area (Å²) >= 11 is 1.17. The molecule has 8 heteroatoms. The second kappa shape index (κ2) is 7.83. The highest BCUT2D eigenvalue weighted by atomic mass is 32.2. The van der Waals surface area contributed by atoms with E-state index in [1.807, 2.05) is 24.3 Å². The molecule has 0 saturated heterocycles. The van der Waals surface area contributed by atoms with E-state index in [-0.39, 0.29) is 34.1 Å². The summed E-state index contributed by atoms with van der Waals surface area (Å²) in [6.45, 7) is 3.46. The fourth-order valence-corrected chi connectivity index (χ4v) is 5.42. The second-order valence-electron chi connectivity index (χ2n) is 6.71. The number of hydrogen-bond donors (Lipinski definition) is 1. The fraction of sp³-hybridized carbons (Fsp3) is 0.143. The maximum Gasteiger partial charge on any atom is 0.165 e. The van der Waals surface area contributed by atoms with Crippen LogP contribution in [0.15, 0.2) is 63.2 Å². The smallest absolute Gasteiger partial charge is 0.165 e. The van der Waals surface area contributed by atoms with Crippen LogP contribution in [0.3, 0.4) is 0 Å². The summed E-state index contributed by atoms with van der Waals surface area (Å²) in [6, 6.07) is 13.0. The first-order valence-corrected chi connectivity index (χ1v) is 10.8. The third-order valence-corrected chi connectivity index (χ3v) is 6.95. The van der Waals surface area contributed by atoms with Crippen molar-refractivity contribution < 1.29 is 21.5 Å². The maximum atomic E-state index is 14.4. The summed E-state index contributed by atoms with van der Waals surface area (Å²) in [5.74, 6) is -1.26. The molecule has 4 rings (SSSR count). The largest absolute Gasteiger partial charge is 0.505 e. The third-order valence-electron chi connectivity index (χ3n) is 5.08. The molecule has 0 saturated carbocycles. The lowest BCUT2D eigenvalue weighted by Crippen LogP contribution is -2.30.